The van der Waals surface area contributed by atoms with Crippen LogP contribution in [0, 0.1) is 11.8 Å². The van der Waals surface area contributed by atoms with Crippen molar-refractivity contribution in [2.45, 2.75) is 57.7 Å². The van der Waals surface area contributed by atoms with Gasteiger partial charge < -0.3 is 9.84 Å². The molecule has 0 radical (unpaired) electrons. The molecular formula is C13H22O3. The molecule has 1 N–H and O–H groups in total. The zero-order chi connectivity index (χ0) is 11.5. The Bertz CT molecular complexity index is 246. The number of aliphatic hydroxyl groups is 1. The monoisotopic (exact) mass is 226 g/mol. The third-order valence-corrected chi connectivity index (χ3v) is 4.02. The van der Waals surface area contributed by atoms with E-state index in [2.05, 4.69) is 0 Å². The Morgan fingerprint density at radius 1 is 1.44 bits per heavy atom. The fraction of sp³-hybridized carbons (Fsp3) is 0.923. The van der Waals surface area contributed by atoms with Gasteiger partial charge in [-0.1, -0.05) is 6.92 Å². The maximum Gasteiger partial charge on any atom is 0.135 e. The quantitative estimate of drug-likeness (QED) is 0.796. The van der Waals surface area contributed by atoms with E-state index in [1.165, 1.54) is 0 Å². The van der Waals surface area contributed by atoms with Gasteiger partial charge in [0.05, 0.1) is 12.2 Å². The zero-order valence-corrected chi connectivity index (χ0v) is 10.0. The molecule has 1 aliphatic carbocycles. The van der Waals surface area contributed by atoms with Crippen molar-refractivity contribution in [3.63, 3.8) is 0 Å². The van der Waals surface area contributed by atoms with Crippen LogP contribution in [0.15, 0.2) is 0 Å². The number of ketones is 1. The minimum absolute atomic E-state index is 0.00602. The second kappa shape index (κ2) is 5.28. The highest BCUT2D eigenvalue weighted by Crippen LogP contribution is 2.30. The maximum atomic E-state index is 11.5. The van der Waals surface area contributed by atoms with Crippen LogP contribution in [-0.2, 0) is 9.53 Å². The highest BCUT2D eigenvalue weighted by atomic mass is 16.5. The molecule has 2 fully saturated rings. The molecule has 16 heavy (non-hydrogen) atoms. The van der Waals surface area contributed by atoms with Crippen molar-refractivity contribution in [2.24, 2.45) is 11.8 Å². The number of Topliss-reactive ketones (excluding diaryl/α,β-unsaturated/α-hetero) is 1. The zero-order valence-electron chi connectivity index (χ0n) is 10.0. The summed E-state index contributed by atoms with van der Waals surface area (Å²) in [6.07, 6.45) is 5.25. The summed E-state index contributed by atoms with van der Waals surface area (Å²) in [5.41, 5.74) is 0. The van der Waals surface area contributed by atoms with Crippen LogP contribution in [0.25, 0.3) is 0 Å². The van der Waals surface area contributed by atoms with Gasteiger partial charge in [0.1, 0.15) is 5.78 Å². The average molecular weight is 226 g/mol. The molecule has 2 rings (SSSR count). The number of hydrogen-bond acceptors (Lipinski definition) is 3. The predicted molar refractivity (Wildman–Crippen MR) is 61.1 cm³/mol. The van der Waals surface area contributed by atoms with E-state index in [0.29, 0.717) is 5.78 Å². The minimum atomic E-state index is -0.393. The van der Waals surface area contributed by atoms with Crippen LogP contribution in [0.3, 0.4) is 0 Å². The molecule has 3 nitrogen and oxygen atoms in total. The van der Waals surface area contributed by atoms with Crippen LogP contribution >= 0.6 is 0 Å². The van der Waals surface area contributed by atoms with E-state index in [1.807, 2.05) is 6.92 Å². The van der Waals surface area contributed by atoms with Gasteiger partial charge in [-0.3, -0.25) is 4.79 Å². The van der Waals surface area contributed by atoms with Crippen molar-refractivity contribution in [2.75, 3.05) is 6.61 Å². The predicted octanol–water partition coefficient (Wildman–Crippen LogP) is 1.92. The van der Waals surface area contributed by atoms with Crippen LogP contribution < -0.4 is 0 Å². The van der Waals surface area contributed by atoms with Crippen LogP contribution in [0.1, 0.15) is 45.4 Å². The number of hydrogen-bond donors (Lipinski definition) is 1. The maximum absolute atomic E-state index is 11.5. The van der Waals surface area contributed by atoms with Gasteiger partial charge in [0, 0.05) is 18.9 Å². The van der Waals surface area contributed by atoms with E-state index in [9.17, 15) is 9.90 Å². The molecule has 0 aromatic rings. The summed E-state index contributed by atoms with van der Waals surface area (Å²) in [6, 6.07) is 0. The molecule has 4 atom stereocenters. The van der Waals surface area contributed by atoms with Gasteiger partial charge in [0.25, 0.3) is 0 Å². The smallest absolute Gasteiger partial charge is 0.135 e. The van der Waals surface area contributed by atoms with Crippen molar-refractivity contribution in [3.05, 3.63) is 0 Å². The molecule has 0 aromatic heterocycles. The van der Waals surface area contributed by atoms with Gasteiger partial charge >= 0.3 is 0 Å². The van der Waals surface area contributed by atoms with E-state index in [4.69, 9.17) is 4.74 Å². The van der Waals surface area contributed by atoms with E-state index >= 15 is 0 Å². The first kappa shape index (κ1) is 12.1. The second-order valence-corrected chi connectivity index (χ2v) is 5.31. The van der Waals surface area contributed by atoms with Crippen molar-refractivity contribution >= 4 is 5.78 Å². The molecule has 1 heterocycles. The third kappa shape index (κ3) is 2.64. The fourth-order valence-corrected chi connectivity index (χ4v) is 2.96. The van der Waals surface area contributed by atoms with Gasteiger partial charge in [-0.25, -0.2) is 0 Å². The SMILES string of the molecule is C[C@@H](C[C@@H]1CCCC1=O)C(O)C1CCCO1. The van der Waals surface area contributed by atoms with E-state index in [1.54, 1.807) is 0 Å². The van der Waals surface area contributed by atoms with Crippen molar-refractivity contribution < 1.29 is 14.6 Å². The summed E-state index contributed by atoms with van der Waals surface area (Å²) in [7, 11) is 0. The summed E-state index contributed by atoms with van der Waals surface area (Å²) in [6.45, 7) is 2.81. The summed E-state index contributed by atoms with van der Waals surface area (Å²) >= 11 is 0. The Hall–Kier alpha value is -0.410. The van der Waals surface area contributed by atoms with E-state index in [-0.39, 0.29) is 17.9 Å². The molecule has 0 aromatic carbocycles. The molecule has 0 bridgehead atoms. The molecular weight excluding hydrogens is 204 g/mol. The Kier molecular flexibility index (Phi) is 3.98. The summed E-state index contributed by atoms with van der Waals surface area (Å²) in [4.78, 5) is 11.5. The summed E-state index contributed by atoms with van der Waals surface area (Å²) < 4.78 is 5.49. The molecule has 0 amide bonds. The van der Waals surface area contributed by atoms with Gasteiger partial charge in [-0.15, -0.1) is 0 Å². The Morgan fingerprint density at radius 2 is 2.25 bits per heavy atom. The second-order valence-electron chi connectivity index (χ2n) is 5.31. The number of carbonyl (C=O) groups excluding carboxylic acids is 1. The van der Waals surface area contributed by atoms with Crippen LogP contribution in [-0.4, -0.2) is 29.7 Å². The number of ether oxygens (including phenoxy) is 1. The Labute approximate surface area is 97.2 Å². The lowest BCUT2D eigenvalue weighted by molar-refractivity contribution is -0.121. The van der Waals surface area contributed by atoms with E-state index < -0.39 is 6.10 Å². The number of rotatable bonds is 4. The lowest BCUT2D eigenvalue weighted by Crippen LogP contribution is -2.33. The van der Waals surface area contributed by atoms with Gasteiger partial charge in [0.2, 0.25) is 0 Å². The van der Waals surface area contributed by atoms with E-state index in [0.717, 1.165) is 45.1 Å². The van der Waals surface area contributed by atoms with Crippen LogP contribution in [0.5, 0.6) is 0 Å². The van der Waals surface area contributed by atoms with Crippen molar-refractivity contribution in [3.8, 4) is 0 Å². The first-order valence-corrected chi connectivity index (χ1v) is 6.51. The Morgan fingerprint density at radius 3 is 2.81 bits per heavy atom. The lowest BCUT2D eigenvalue weighted by atomic mass is 9.87. The molecule has 1 saturated heterocycles. The highest BCUT2D eigenvalue weighted by Gasteiger charge is 2.32. The average Bonchev–Trinajstić information content (AvgIpc) is 2.89. The largest absolute Gasteiger partial charge is 0.390 e. The molecule has 2 unspecified atom stereocenters. The number of carbonyl (C=O) groups is 1. The van der Waals surface area contributed by atoms with Gasteiger partial charge in [-0.05, 0) is 38.0 Å². The molecule has 2 aliphatic rings. The van der Waals surface area contributed by atoms with Crippen molar-refractivity contribution in [1.82, 2.24) is 0 Å². The molecule has 1 saturated carbocycles. The molecule has 92 valence electrons. The Balaban J connectivity index is 1.81. The summed E-state index contributed by atoms with van der Waals surface area (Å²) in [5.74, 6) is 0.771. The fourth-order valence-electron chi connectivity index (χ4n) is 2.96. The third-order valence-electron chi connectivity index (χ3n) is 4.02. The molecule has 0 spiro atoms. The van der Waals surface area contributed by atoms with Gasteiger partial charge in [0.15, 0.2) is 0 Å². The first-order chi connectivity index (χ1) is 7.68. The minimum Gasteiger partial charge on any atom is -0.390 e. The normalized spacial score (nSPS) is 34.2. The topological polar surface area (TPSA) is 46.5 Å². The summed E-state index contributed by atoms with van der Waals surface area (Å²) in [5, 5.41) is 10.1. The van der Waals surface area contributed by atoms with Gasteiger partial charge in [-0.2, -0.15) is 0 Å². The standard InChI is InChI=1S/C13H22O3/c1-9(8-10-4-2-5-11(10)14)13(15)12-6-3-7-16-12/h9-10,12-13,15H,2-8H2,1H3/t9-,10-,12?,13?/m0/s1. The number of aliphatic hydroxyl groups excluding tert-OH is 1. The molecule has 3 heteroatoms. The highest BCUT2D eigenvalue weighted by molar-refractivity contribution is 5.82. The first-order valence-electron chi connectivity index (χ1n) is 6.51. The van der Waals surface area contributed by atoms with Crippen molar-refractivity contribution in [1.29, 1.82) is 0 Å². The molecule has 1 aliphatic heterocycles. The van der Waals surface area contributed by atoms with Crippen LogP contribution in [0.4, 0.5) is 0 Å². The van der Waals surface area contributed by atoms with Crippen LogP contribution in [0.2, 0.25) is 0 Å². The lowest BCUT2D eigenvalue weighted by Gasteiger charge is -2.25.